The van der Waals surface area contributed by atoms with Crippen LogP contribution in [-0.2, 0) is 32.3 Å². The quantitative estimate of drug-likeness (QED) is 0.696. The molecule has 0 saturated carbocycles. The van der Waals surface area contributed by atoms with Crippen LogP contribution in [-0.4, -0.2) is 12.7 Å². The summed E-state index contributed by atoms with van der Waals surface area (Å²) in [4.78, 5) is 0. The van der Waals surface area contributed by atoms with Gasteiger partial charge in [-0.3, -0.25) is 0 Å². The molecule has 5 N–H and O–H groups in total. The molecular formula is C24H31BFN3. The summed E-state index contributed by atoms with van der Waals surface area (Å²) in [5.41, 5.74) is 18.8. The van der Waals surface area contributed by atoms with Crippen molar-refractivity contribution in [1.29, 1.82) is 0 Å². The number of benzene rings is 2. The molecule has 29 heavy (non-hydrogen) atoms. The van der Waals surface area contributed by atoms with Crippen molar-refractivity contribution in [3.05, 3.63) is 88.3 Å². The summed E-state index contributed by atoms with van der Waals surface area (Å²) in [5, 5.41) is 3.45. The number of nitrogens with one attached hydrogen (secondary N) is 1. The highest BCUT2D eigenvalue weighted by atomic mass is 19.1. The van der Waals surface area contributed by atoms with Crippen LogP contribution in [0.3, 0.4) is 0 Å². The molecule has 2 heterocycles. The van der Waals surface area contributed by atoms with Crippen molar-refractivity contribution in [3.8, 4) is 0 Å². The maximum Gasteiger partial charge on any atom is 0.198 e. The second-order valence-electron chi connectivity index (χ2n) is 7.91. The predicted molar refractivity (Wildman–Crippen MR) is 122 cm³/mol. The molecule has 0 bridgehead atoms. The first-order chi connectivity index (χ1) is 14.0. The lowest BCUT2D eigenvalue weighted by molar-refractivity contribution is 0.604. The van der Waals surface area contributed by atoms with Gasteiger partial charge in [-0.15, -0.1) is 0 Å². The summed E-state index contributed by atoms with van der Waals surface area (Å²) in [7, 11) is 0. The minimum Gasteiger partial charge on any atom is -0.396 e. The number of fused-ring (bicyclic) bond motifs is 2. The maximum absolute atomic E-state index is 13.3. The molecule has 5 heteroatoms. The molecule has 2 aliphatic heterocycles. The summed E-state index contributed by atoms with van der Waals surface area (Å²) < 4.78 is 13.3. The number of halogens is 1. The van der Waals surface area contributed by atoms with E-state index in [1.807, 2.05) is 13.0 Å². The van der Waals surface area contributed by atoms with E-state index in [-0.39, 0.29) is 12.4 Å². The number of rotatable bonds is 4. The Bertz CT molecular complexity index is 923. The zero-order valence-electron chi connectivity index (χ0n) is 17.5. The fourth-order valence-electron chi connectivity index (χ4n) is 4.29. The minimum absolute atomic E-state index is 0.211. The van der Waals surface area contributed by atoms with Crippen LogP contribution >= 0.6 is 0 Å². The average molecular weight is 391 g/mol. The summed E-state index contributed by atoms with van der Waals surface area (Å²) in [6.45, 7) is 9.40. The van der Waals surface area contributed by atoms with Gasteiger partial charge in [0.1, 0.15) is 5.82 Å². The van der Waals surface area contributed by atoms with E-state index in [0.29, 0.717) is 24.8 Å². The van der Waals surface area contributed by atoms with Crippen LogP contribution in [0, 0.1) is 5.82 Å². The van der Waals surface area contributed by atoms with Gasteiger partial charge in [-0.1, -0.05) is 49.3 Å². The van der Waals surface area contributed by atoms with Crippen molar-refractivity contribution < 1.29 is 4.39 Å². The smallest absolute Gasteiger partial charge is 0.198 e. The van der Waals surface area contributed by atoms with Crippen LogP contribution in [0.15, 0.2) is 49.1 Å². The Labute approximate surface area is 174 Å². The lowest BCUT2D eigenvalue weighted by atomic mass is 9.39. The lowest BCUT2D eigenvalue weighted by Gasteiger charge is -2.27. The number of hydrogen-bond donors (Lipinski definition) is 3. The molecule has 2 aliphatic rings. The van der Waals surface area contributed by atoms with Gasteiger partial charge in [0.25, 0.3) is 0 Å². The average Bonchev–Trinajstić information content (AvgIpc) is 3.18. The summed E-state index contributed by atoms with van der Waals surface area (Å²) in [6.07, 6.45) is 5.23. The first-order valence-corrected chi connectivity index (χ1v) is 10.4. The highest BCUT2D eigenvalue weighted by Crippen LogP contribution is 2.29. The van der Waals surface area contributed by atoms with Crippen LogP contribution in [0.1, 0.15) is 47.2 Å². The Morgan fingerprint density at radius 1 is 1.28 bits per heavy atom. The Balaban J connectivity index is 0.000000170. The van der Waals surface area contributed by atoms with Crippen LogP contribution < -0.4 is 16.8 Å². The van der Waals surface area contributed by atoms with E-state index < -0.39 is 0 Å². The first kappa shape index (κ1) is 21.3. The predicted octanol–water partition coefficient (Wildman–Crippen LogP) is 3.72. The van der Waals surface area contributed by atoms with Crippen molar-refractivity contribution >= 4 is 12.3 Å². The second-order valence-corrected chi connectivity index (χ2v) is 7.91. The van der Waals surface area contributed by atoms with Gasteiger partial charge in [0.05, 0.1) is 0 Å². The van der Waals surface area contributed by atoms with Gasteiger partial charge >= 0.3 is 0 Å². The number of aryl methyl sites for hydroxylation is 1. The normalized spacial score (nSPS) is 16.4. The summed E-state index contributed by atoms with van der Waals surface area (Å²) in [6, 6.07) is 10.1. The van der Waals surface area contributed by atoms with Gasteiger partial charge in [0, 0.05) is 24.6 Å². The zero-order valence-corrected chi connectivity index (χ0v) is 17.5. The second kappa shape index (κ2) is 9.42. The maximum atomic E-state index is 13.3. The van der Waals surface area contributed by atoms with Crippen molar-refractivity contribution in [3.63, 3.8) is 0 Å². The molecule has 0 aliphatic carbocycles. The number of nitrogens with two attached hydrogens (primary N) is 2. The summed E-state index contributed by atoms with van der Waals surface area (Å²) in [5.74, 6) is 2.69. The van der Waals surface area contributed by atoms with Crippen LogP contribution in [0.2, 0.25) is 0 Å². The van der Waals surface area contributed by atoms with E-state index in [1.54, 1.807) is 0 Å². The fraction of sp³-hybridized carbons (Fsp3) is 0.333. The zero-order chi connectivity index (χ0) is 21.0. The third-order valence-corrected chi connectivity index (χ3v) is 5.96. The molecule has 0 aromatic heterocycles. The van der Waals surface area contributed by atoms with Gasteiger partial charge in [-0.05, 0) is 66.2 Å². The molecule has 0 fully saturated rings. The SMILES string of the molecule is C=C(C)c1cccc2c1CB1C=CNC1C2.CCc1cc(F)c(CN)c(CN)c1. The Hall–Kier alpha value is -2.37. The van der Waals surface area contributed by atoms with Gasteiger partial charge in [-0.25, -0.2) is 4.39 Å². The molecule has 2 aromatic rings. The van der Waals surface area contributed by atoms with Crippen molar-refractivity contribution in [2.45, 2.75) is 52.0 Å². The Kier molecular flexibility index (Phi) is 6.94. The van der Waals surface area contributed by atoms with Crippen LogP contribution in [0.25, 0.3) is 5.57 Å². The highest BCUT2D eigenvalue weighted by molar-refractivity contribution is 6.66. The standard InChI is InChI=1S/C14H16BN.C10H15FN2/c1-10(2)12-5-3-4-11-8-14-15(6-7-16-14)9-13(11)12;1-2-7-3-8(5-12)9(6-13)10(11)4-7/h3-7,14,16H,1,8-9H2,2H3;3-4H,2,5-6,12-13H2,1H3. The van der Waals surface area contributed by atoms with Gasteiger partial charge in [0.2, 0.25) is 0 Å². The third-order valence-electron chi connectivity index (χ3n) is 5.96. The molecule has 152 valence electrons. The Morgan fingerprint density at radius 3 is 2.72 bits per heavy atom. The fourth-order valence-corrected chi connectivity index (χ4v) is 4.29. The monoisotopic (exact) mass is 391 g/mol. The van der Waals surface area contributed by atoms with E-state index in [1.165, 1.54) is 28.3 Å². The number of allylic oxidation sites excluding steroid dienone is 1. The molecule has 4 rings (SSSR count). The van der Waals surface area contributed by atoms with Crippen LogP contribution in [0.5, 0.6) is 0 Å². The first-order valence-electron chi connectivity index (χ1n) is 10.4. The van der Waals surface area contributed by atoms with E-state index in [9.17, 15) is 4.39 Å². The highest BCUT2D eigenvalue weighted by Gasteiger charge is 2.32. The van der Waals surface area contributed by atoms with E-state index in [2.05, 4.69) is 49.2 Å². The Morgan fingerprint density at radius 2 is 2.07 bits per heavy atom. The third kappa shape index (κ3) is 4.63. The molecule has 0 amide bonds. The van der Waals surface area contributed by atoms with Gasteiger partial charge in [0.15, 0.2) is 6.71 Å². The van der Waals surface area contributed by atoms with Crippen LogP contribution in [0.4, 0.5) is 4.39 Å². The molecular weight excluding hydrogens is 360 g/mol. The van der Waals surface area contributed by atoms with Gasteiger partial charge in [-0.2, -0.15) is 0 Å². The molecule has 2 aromatic carbocycles. The molecule has 0 radical (unpaired) electrons. The van der Waals surface area contributed by atoms with Crippen molar-refractivity contribution in [2.24, 2.45) is 11.5 Å². The van der Waals surface area contributed by atoms with E-state index in [0.717, 1.165) is 30.3 Å². The van der Waals surface area contributed by atoms with E-state index >= 15 is 0 Å². The topological polar surface area (TPSA) is 64.1 Å². The lowest BCUT2D eigenvalue weighted by Crippen LogP contribution is -2.42. The van der Waals surface area contributed by atoms with E-state index in [4.69, 9.17) is 11.5 Å². The largest absolute Gasteiger partial charge is 0.396 e. The molecule has 1 atom stereocenters. The number of hydrogen-bond acceptors (Lipinski definition) is 3. The molecule has 3 nitrogen and oxygen atoms in total. The van der Waals surface area contributed by atoms with Crippen molar-refractivity contribution in [1.82, 2.24) is 5.32 Å². The molecule has 1 unspecified atom stereocenters. The summed E-state index contributed by atoms with van der Waals surface area (Å²) >= 11 is 0. The minimum atomic E-state index is -0.234. The van der Waals surface area contributed by atoms with Crippen molar-refractivity contribution in [2.75, 3.05) is 0 Å². The molecule has 0 saturated heterocycles. The van der Waals surface area contributed by atoms with Gasteiger partial charge < -0.3 is 16.8 Å². The molecule has 0 spiro atoms.